The first-order valence-electron chi connectivity index (χ1n) is 9.32. The third kappa shape index (κ3) is 6.56. The Hall–Kier alpha value is -3.38. The van der Waals surface area contributed by atoms with Crippen LogP contribution in [0.25, 0.3) is 0 Å². The van der Waals surface area contributed by atoms with Gasteiger partial charge in [-0.15, -0.1) is 10.2 Å². The average Bonchev–Trinajstić information content (AvgIpc) is 3.15. The van der Waals surface area contributed by atoms with Gasteiger partial charge in [0.15, 0.2) is 0 Å². The summed E-state index contributed by atoms with van der Waals surface area (Å²) in [4.78, 5) is 24.4. The number of methoxy groups -OCH3 is 2. The molecular formula is C20H22N6O4S2. The van der Waals surface area contributed by atoms with Crippen molar-refractivity contribution in [2.24, 2.45) is 0 Å². The Bertz CT molecular complexity index is 1010. The van der Waals surface area contributed by atoms with Gasteiger partial charge in [0.25, 0.3) is 0 Å². The summed E-state index contributed by atoms with van der Waals surface area (Å²) in [5.74, 6) is 7.04. The van der Waals surface area contributed by atoms with Crippen LogP contribution in [0.5, 0.6) is 11.5 Å². The molecule has 2 amide bonds. The summed E-state index contributed by atoms with van der Waals surface area (Å²) in [6.45, 7) is 0. The minimum Gasteiger partial charge on any atom is -0.497 e. The van der Waals surface area contributed by atoms with Crippen molar-refractivity contribution in [1.29, 1.82) is 0 Å². The Morgan fingerprint density at radius 1 is 0.875 bits per heavy atom. The number of nitrogen functional groups attached to an aromatic ring is 1. The lowest BCUT2D eigenvalue weighted by Crippen LogP contribution is -2.17. The van der Waals surface area contributed by atoms with Gasteiger partial charge in [0.05, 0.1) is 25.7 Å². The lowest BCUT2D eigenvalue weighted by atomic mass is 10.3. The molecule has 1 heterocycles. The molecule has 168 valence electrons. The molecule has 3 rings (SSSR count). The third-order valence-corrected chi connectivity index (χ3v) is 5.89. The smallest absolute Gasteiger partial charge is 0.234 e. The molecule has 1 aromatic heterocycles. The number of nitrogens with two attached hydrogens (primary N) is 1. The number of amides is 2. The normalized spacial score (nSPS) is 10.4. The van der Waals surface area contributed by atoms with Gasteiger partial charge in [-0.25, -0.2) is 4.68 Å². The molecule has 0 aliphatic carbocycles. The van der Waals surface area contributed by atoms with Crippen LogP contribution in [0.1, 0.15) is 0 Å². The van der Waals surface area contributed by atoms with Crippen molar-refractivity contribution in [3.05, 3.63) is 48.5 Å². The number of aromatic nitrogens is 3. The van der Waals surface area contributed by atoms with Crippen LogP contribution in [0.15, 0.2) is 58.8 Å². The Kier molecular flexibility index (Phi) is 8.22. The van der Waals surface area contributed by atoms with E-state index in [2.05, 4.69) is 20.8 Å². The largest absolute Gasteiger partial charge is 0.497 e. The van der Waals surface area contributed by atoms with E-state index in [1.807, 2.05) is 0 Å². The fourth-order valence-corrected chi connectivity index (χ4v) is 3.89. The maximum atomic E-state index is 12.2. The number of anilines is 2. The van der Waals surface area contributed by atoms with Gasteiger partial charge < -0.3 is 25.9 Å². The molecule has 4 N–H and O–H groups in total. The zero-order valence-electron chi connectivity index (χ0n) is 17.4. The molecule has 0 fully saturated rings. The molecule has 0 saturated heterocycles. The first-order chi connectivity index (χ1) is 15.5. The number of benzene rings is 2. The first-order valence-corrected chi connectivity index (χ1v) is 11.3. The fraction of sp³-hybridized carbons (Fsp3) is 0.200. The van der Waals surface area contributed by atoms with Crippen LogP contribution in [0.3, 0.4) is 0 Å². The summed E-state index contributed by atoms with van der Waals surface area (Å²) in [6.07, 6.45) is 0. The SMILES string of the molecule is COc1cccc(NC(=O)CSc2nnc(SCC(=O)Nc3cccc(OC)c3)n2N)c1. The number of nitrogens with zero attached hydrogens (tertiary/aromatic N) is 3. The molecule has 32 heavy (non-hydrogen) atoms. The highest BCUT2D eigenvalue weighted by molar-refractivity contribution is 8.00. The van der Waals surface area contributed by atoms with Crippen molar-refractivity contribution in [3.63, 3.8) is 0 Å². The zero-order valence-corrected chi connectivity index (χ0v) is 19.0. The number of ether oxygens (including phenoxy) is 2. The lowest BCUT2D eigenvalue weighted by Gasteiger charge is -2.07. The lowest BCUT2D eigenvalue weighted by molar-refractivity contribution is -0.114. The van der Waals surface area contributed by atoms with E-state index in [0.717, 1.165) is 23.5 Å². The van der Waals surface area contributed by atoms with Gasteiger partial charge in [-0.05, 0) is 24.3 Å². The first kappa shape index (κ1) is 23.3. The van der Waals surface area contributed by atoms with Crippen LogP contribution in [-0.4, -0.2) is 52.4 Å². The summed E-state index contributed by atoms with van der Waals surface area (Å²) >= 11 is 2.28. The van der Waals surface area contributed by atoms with Gasteiger partial charge in [-0.2, -0.15) is 0 Å². The molecule has 0 bridgehead atoms. The summed E-state index contributed by atoms with van der Waals surface area (Å²) in [6, 6.07) is 14.1. The van der Waals surface area contributed by atoms with Gasteiger partial charge in [0, 0.05) is 23.5 Å². The monoisotopic (exact) mass is 474 g/mol. The zero-order chi connectivity index (χ0) is 22.9. The summed E-state index contributed by atoms with van der Waals surface area (Å²) in [5.41, 5.74) is 1.25. The maximum Gasteiger partial charge on any atom is 0.234 e. The summed E-state index contributed by atoms with van der Waals surface area (Å²) in [5, 5.41) is 14.3. The van der Waals surface area contributed by atoms with Gasteiger partial charge in [-0.1, -0.05) is 35.7 Å². The van der Waals surface area contributed by atoms with Gasteiger partial charge in [0.1, 0.15) is 11.5 Å². The predicted octanol–water partition coefficient (Wildman–Crippen LogP) is 2.47. The van der Waals surface area contributed by atoms with Gasteiger partial charge in [-0.3, -0.25) is 9.59 Å². The van der Waals surface area contributed by atoms with E-state index in [1.165, 1.54) is 4.68 Å². The number of rotatable bonds is 10. The Morgan fingerprint density at radius 3 is 1.72 bits per heavy atom. The second kappa shape index (κ2) is 11.3. The number of hydrogen-bond acceptors (Lipinski definition) is 9. The van der Waals surface area contributed by atoms with E-state index in [4.69, 9.17) is 15.3 Å². The molecule has 0 radical (unpaired) electrons. The molecule has 10 nitrogen and oxygen atoms in total. The standard InChI is InChI=1S/C20H22N6O4S2/c1-29-15-7-3-5-13(9-15)22-17(27)11-31-19-24-25-20(26(19)21)32-12-18(28)23-14-6-4-8-16(10-14)30-2/h3-10H,11-12,21H2,1-2H3,(H,22,27)(H,23,28). The highest BCUT2D eigenvalue weighted by atomic mass is 32.2. The van der Waals surface area contributed by atoms with E-state index >= 15 is 0 Å². The van der Waals surface area contributed by atoms with Crippen LogP contribution >= 0.6 is 23.5 Å². The second-order valence-electron chi connectivity index (χ2n) is 6.27. The highest BCUT2D eigenvalue weighted by Gasteiger charge is 2.15. The van der Waals surface area contributed by atoms with E-state index in [1.54, 1.807) is 62.8 Å². The van der Waals surface area contributed by atoms with Crippen molar-refractivity contribution in [2.45, 2.75) is 10.3 Å². The maximum absolute atomic E-state index is 12.2. The average molecular weight is 475 g/mol. The van der Waals surface area contributed by atoms with Crippen molar-refractivity contribution in [1.82, 2.24) is 14.9 Å². The molecule has 0 saturated carbocycles. The quantitative estimate of drug-likeness (QED) is 0.299. The number of carbonyl (C=O) groups is 2. The van der Waals surface area contributed by atoms with Crippen LogP contribution in [0.2, 0.25) is 0 Å². The topological polar surface area (TPSA) is 133 Å². The minimum absolute atomic E-state index is 0.0908. The number of hydrogen-bond donors (Lipinski definition) is 3. The predicted molar refractivity (Wildman–Crippen MR) is 125 cm³/mol. The molecule has 12 heteroatoms. The van der Waals surface area contributed by atoms with E-state index < -0.39 is 0 Å². The minimum atomic E-state index is -0.224. The molecule has 0 unspecified atom stereocenters. The number of thioether (sulfide) groups is 2. The van der Waals surface area contributed by atoms with Crippen molar-refractivity contribution >= 4 is 46.7 Å². The van der Waals surface area contributed by atoms with Crippen LogP contribution in [-0.2, 0) is 9.59 Å². The summed E-state index contributed by atoms with van der Waals surface area (Å²) < 4.78 is 11.5. The molecule has 0 aliphatic heterocycles. The molecule has 0 spiro atoms. The third-order valence-electron chi connectivity index (χ3n) is 4.00. The molecule has 0 aliphatic rings. The van der Waals surface area contributed by atoms with Crippen molar-refractivity contribution in [3.8, 4) is 11.5 Å². The Labute approximate surface area is 193 Å². The molecular weight excluding hydrogens is 452 g/mol. The van der Waals surface area contributed by atoms with Gasteiger partial charge in [0.2, 0.25) is 22.1 Å². The van der Waals surface area contributed by atoms with Crippen LogP contribution < -0.4 is 25.9 Å². The molecule has 0 atom stereocenters. The highest BCUT2D eigenvalue weighted by Crippen LogP contribution is 2.22. The van der Waals surface area contributed by atoms with Crippen molar-refractivity contribution < 1.29 is 19.1 Å². The van der Waals surface area contributed by atoms with Gasteiger partial charge >= 0.3 is 0 Å². The summed E-state index contributed by atoms with van der Waals surface area (Å²) in [7, 11) is 3.12. The van der Waals surface area contributed by atoms with Crippen LogP contribution in [0, 0.1) is 0 Å². The molecule has 3 aromatic rings. The Morgan fingerprint density at radius 2 is 1.31 bits per heavy atom. The van der Waals surface area contributed by atoms with E-state index in [-0.39, 0.29) is 23.3 Å². The van der Waals surface area contributed by atoms with E-state index in [0.29, 0.717) is 33.2 Å². The second-order valence-corrected chi connectivity index (χ2v) is 8.16. The number of nitrogens with one attached hydrogen (secondary N) is 2. The van der Waals surface area contributed by atoms with E-state index in [9.17, 15) is 9.59 Å². The number of carbonyl (C=O) groups excluding carboxylic acids is 2. The molecule has 2 aromatic carbocycles. The fourth-order valence-electron chi connectivity index (χ4n) is 2.52. The van der Waals surface area contributed by atoms with Crippen molar-refractivity contribution in [2.75, 3.05) is 42.2 Å². The van der Waals surface area contributed by atoms with Crippen LogP contribution in [0.4, 0.5) is 11.4 Å². The Balaban J connectivity index is 1.48.